The van der Waals surface area contributed by atoms with Crippen LogP contribution in [-0.2, 0) is 0 Å². The Hall–Kier alpha value is -1.62. The summed E-state index contributed by atoms with van der Waals surface area (Å²) in [6.07, 6.45) is 28.0. The number of halogens is 2. The third-order valence-corrected chi connectivity index (χ3v) is 7.83. The second kappa shape index (κ2) is 14.5. The third-order valence-electron chi connectivity index (χ3n) is 7.83. The Labute approximate surface area is 239 Å². The Balaban J connectivity index is 0.00000223. The van der Waals surface area contributed by atoms with Crippen LogP contribution in [0.2, 0.25) is 0 Å². The van der Waals surface area contributed by atoms with Crippen molar-refractivity contribution in [2.24, 2.45) is 10.8 Å². The van der Waals surface area contributed by atoms with Crippen LogP contribution in [0.25, 0.3) is 0 Å². The minimum Gasteiger partial charge on any atom is -1.00 e. The molecular weight excluding hydrogens is 497 g/mol. The maximum absolute atomic E-state index is 4.64. The van der Waals surface area contributed by atoms with Gasteiger partial charge in [0, 0.05) is 48.0 Å². The molecule has 2 aliphatic carbocycles. The molecule has 206 valence electrons. The summed E-state index contributed by atoms with van der Waals surface area (Å²) in [4.78, 5) is 2.66. The molecule has 0 saturated carbocycles. The second-order valence-electron chi connectivity index (χ2n) is 11.9. The largest absolute Gasteiger partial charge is 1.00 e. The average molecular weight is 548 g/mol. The highest BCUT2D eigenvalue weighted by Crippen LogP contribution is 2.27. The van der Waals surface area contributed by atoms with Gasteiger partial charge in [-0.2, -0.15) is 0 Å². The van der Waals surface area contributed by atoms with E-state index in [1.165, 1.54) is 43.7 Å². The van der Waals surface area contributed by atoms with E-state index >= 15 is 0 Å². The number of alkyl halides is 1. The van der Waals surface area contributed by atoms with Crippen molar-refractivity contribution >= 4 is 11.6 Å². The number of hydrogen-bond acceptors (Lipinski definition) is 1. The lowest BCUT2D eigenvalue weighted by Gasteiger charge is -2.43. The highest BCUT2D eigenvalue weighted by atomic mass is 35.5. The zero-order valence-electron chi connectivity index (χ0n) is 24.1. The molecule has 1 heterocycles. The van der Waals surface area contributed by atoms with Gasteiger partial charge in [0.05, 0.1) is 40.8 Å². The number of hydrogen-bond donors (Lipinski definition) is 0. The van der Waals surface area contributed by atoms with Gasteiger partial charge in [0.1, 0.15) is 13.1 Å². The molecular formula is C32H50Cl2N3+. The maximum Gasteiger partial charge on any atom is 0.104 e. The van der Waals surface area contributed by atoms with Gasteiger partial charge in [-0.1, -0.05) is 72.9 Å². The number of quaternary nitrogens is 2. The molecule has 3 aliphatic rings. The van der Waals surface area contributed by atoms with Crippen molar-refractivity contribution in [1.29, 1.82) is 0 Å². The summed E-state index contributed by atoms with van der Waals surface area (Å²) in [5.41, 5.74) is 2.73. The van der Waals surface area contributed by atoms with Crippen molar-refractivity contribution < 1.29 is 21.4 Å². The molecule has 2 unspecified atom stereocenters. The number of nitrogens with zero attached hydrogens (tertiary/aromatic N) is 3. The molecule has 2 atom stereocenters. The van der Waals surface area contributed by atoms with Gasteiger partial charge in [0.15, 0.2) is 0 Å². The molecule has 0 aromatic heterocycles. The molecule has 0 N–H and O–H groups in total. The molecule has 0 aromatic rings. The molecule has 3 rings (SSSR count). The fourth-order valence-electron chi connectivity index (χ4n) is 4.83. The average Bonchev–Trinajstić information content (AvgIpc) is 3.16. The first-order valence-corrected chi connectivity index (χ1v) is 13.9. The molecule has 0 amide bonds. The van der Waals surface area contributed by atoms with E-state index in [2.05, 4.69) is 125 Å². The van der Waals surface area contributed by atoms with E-state index in [1.807, 2.05) is 12.2 Å². The van der Waals surface area contributed by atoms with Crippen LogP contribution in [0.15, 0.2) is 97.2 Å². The van der Waals surface area contributed by atoms with Crippen LogP contribution in [0.1, 0.15) is 13.8 Å². The Morgan fingerprint density at radius 1 is 0.919 bits per heavy atom. The highest BCUT2D eigenvalue weighted by Gasteiger charge is 2.30. The minimum atomic E-state index is -0.0434. The van der Waals surface area contributed by atoms with Gasteiger partial charge in [0.2, 0.25) is 0 Å². The van der Waals surface area contributed by atoms with Crippen molar-refractivity contribution in [1.82, 2.24) is 4.90 Å². The SMILES string of the molecule is C=CC1(C)C=CC=C(C[N+](C)(C)CCN2CC[N+](C)(CC3=CC=CC(C)(C=C)C=C3)CC2)C=C1.CCl.[Cl-]. The van der Waals surface area contributed by atoms with E-state index in [0.717, 1.165) is 35.1 Å². The van der Waals surface area contributed by atoms with Crippen LogP contribution >= 0.6 is 11.6 Å². The predicted molar refractivity (Wildman–Crippen MR) is 160 cm³/mol. The van der Waals surface area contributed by atoms with Crippen LogP contribution in [0, 0.1) is 10.8 Å². The molecule has 1 fully saturated rings. The monoisotopic (exact) mass is 546 g/mol. The van der Waals surface area contributed by atoms with Gasteiger partial charge >= 0.3 is 0 Å². The van der Waals surface area contributed by atoms with Gasteiger partial charge in [-0.3, -0.25) is 4.90 Å². The molecule has 0 bridgehead atoms. The summed E-state index contributed by atoms with van der Waals surface area (Å²) in [5.74, 6) is 0. The lowest BCUT2D eigenvalue weighted by atomic mass is 9.90. The minimum absolute atomic E-state index is 0. The summed E-state index contributed by atoms with van der Waals surface area (Å²) in [7, 11) is 7.13. The van der Waals surface area contributed by atoms with Gasteiger partial charge in [-0.05, 0) is 13.8 Å². The molecule has 3 nitrogen and oxygen atoms in total. The van der Waals surface area contributed by atoms with Crippen molar-refractivity contribution in [2.75, 3.05) is 79.9 Å². The fraction of sp³-hybridized carbons (Fsp3) is 0.500. The van der Waals surface area contributed by atoms with Crippen molar-refractivity contribution in [2.45, 2.75) is 13.8 Å². The topological polar surface area (TPSA) is 3.24 Å². The summed E-state index contributed by atoms with van der Waals surface area (Å²) in [6.45, 7) is 21.6. The summed E-state index contributed by atoms with van der Waals surface area (Å²) >= 11 is 4.64. The summed E-state index contributed by atoms with van der Waals surface area (Å²) in [5, 5.41) is 0. The van der Waals surface area contributed by atoms with E-state index in [1.54, 1.807) is 0 Å². The Bertz CT molecular complexity index is 945. The summed E-state index contributed by atoms with van der Waals surface area (Å²) in [6, 6.07) is 0. The van der Waals surface area contributed by atoms with Crippen LogP contribution in [0.4, 0.5) is 0 Å². The molecule has 0 spiro atoms. The predicted octanol–water partition coefficient (Wildman–Crippen LogP) is 3.17. The van der Waals surface area contributed by atoms with Crippen molar-refractivity contribution in [3.05, 3.63) is 97.2 Å². The van der Waals surface area contributed by atoms with Crippen LogP contribution < -0.4 is 12.4 Å². The zero-order valence-corrected chi connectivity index (χ0v) is 25.6. The third kappa shape index (κ3) is 10.6. The highest BCUT2D eigenvalue weighted by molar-refractivity contribution is 6.15. The molecule has 1 saturated heterocycles. The van der Waals surface area contributed by atoms with E-state index in [4.69, 9.17) is 0 Å². The first-order valence-electron chi connectivity index (χ1n) is 13.2. The number of likely N-dealkylation sites (N-methyl/N-ethyl adjacent to an activating group) is 2. The van der Waals surface area contributed by atoms with E-state index in [0.29, 0.717) is 0 Å². The van der Waals surface area contributed by atoms with Crippen LogP contribution in [-0.4, -0.2) is 93.7 Å². The molecule has 5 heteroatoms. The smallest absolute Gasteiger partial charge is 0.104 e. The number of piperazine rings is 1. The normalized spacial score (nSPS) is 27.0. The lowest BCUT2D eigenvalue weighted by molar-refractivity contribution is -0.910. The molecule has 37 heavy (non-hydrogen) atoms. The van der Waals surface area contributed by atoms with E-state index in [9.17, 15) is 0 Å². The van der Waals surface area contributed by atoms with E-state index in [-0.39, 0.29) is 23.2 Å². The molecule has 1 aliphatic heterocycles. The first-order chi connectivity index (χ1) is 17.0. The van der Waals surface area contributed by atoms with Crippen molar-refractivity contribution in [3.63, 3.8) is 0 Å². The second-order valence-corrected chi connectivity index (χ2v) is 11.9. The lowest BCUT2D eigenvalue weighted by Crippen LogP contribution is -3.00. The molecule has 0 aromatic carbocycles. The Morgan fingerprint density at radius 2 is 1.41 bits per heavy atom. The number of rotatable bonds is 9. The quantitative estimate of drug-likeness (QED) is 0.244. The fourth-order valence-corrected chi connectivity index (χ4v) is 4.83. The van der Waals surface area contributed by atoms with Gasteiger partial charge in [0.25, 0.3) is 0 Å². The Kier molecular flexibility index (Phi) is 13.1. The van der Waals surface area contributed by atoms with Gasteiger partial charge in [-0.25, -0.2) is 0 Å². The zero-order chi connectivity index (χ0) is 26.9. The first kappa shape index (κ1) is 33.4. The standard InChI is InChI=1S/C31H47N3.CH3Cl.ClH/c1-8-30(3)16-10-12-28(14-18-30)26-33(5,6)23-20-32-21-24-34(7,25-22-32)27-29-13-11-17-31(4,9-2)19-15-29;1-2;/h8-19H,1-2,20-27H2,3-7H3;1H3;1H/q+2;;/p-1. The van der Waals surface area contributed by atoms with E-state index < -0.39 is 0 Å². The van der Waals surface area contributed by atoms with Crippen LogP contribution in [0.5, 0.6) is 0 Å². The summed E-state index contributed by atoms with van der Waals surface area (Å²) < 4.78 is 2.12. The van der Waals surface area contributed by atoms with Gasteiger partial charge < -0.3 is 21.4 Å². The van der Waals surface area contributed by atoms with Crippen molar-refractivity contribution in [3.8, 4) is 0 Å². The maximum atomic E-state index is 4.64. The number of allylic oxidation sites excluding steroid dienone is 10. The van der Waals surface area contributed by atoms with Crippen LogP contribution in [0.3, 0.4) is 0 Å². The molecule has 0 radical (unpaired) electrons. The van der Waals surface area contributed by atoms with Gasteiger partial charge in [-0.15, -0.1) is 24.8 Å². The Morgan fingerprint density at radius 3 is 1.92 bits per heavy atom.